The van der Waals surface area contributed by atoms with E-state index in [0.717, 1.165) is 16.7 Å². The number of aromatic amines is 1. The van der Waals surface area contributed by atoms with Crippen molar-refractivity contribution < 1.29 is 0 Å². The molecule has 0 unspecified atom stereocenters. The van der Waals surface area contributed by atoms with Crippen LogP contribution in [-0.4, -0.2) is 29.0 Å². The molecule has 0 bridgehead atoms. The van der Waals surface area contributed by atoms with Gasteiger partial charge in [-0.1, -0.05) is 13.8 Å². The number of rotatable bonds is 2. The Bertz CT molecular complexity index is 448. The zero-order chi connectivity index (χ0) is 12.1. The van der Waals surface area contributed by atoms with Gasteiger partial charge >= 0.3 is 0 Å². The van der Waals surface area contributed by atoms with Crippen LogP contribution in [0.4, 0.5) is 0 Å². The van der Waals surface area contributed by atoms with Crippen molar-refractivity contribution in [1.29, 1.82) is 0 Å². The topological polar surface area (TPSA) is 31.9 Å². The molecule has 16 heavy (non-hydrogen) atoms. The van der Waals surface area contributed by atoms with E-state index in [9.17, 15) is 0 Å². The first-order chi connectivity index (χ1) is 7.66. The molecular formula is C12H18BrN3. The second-order valence-electron chi connectivity index (χ2n) is 3.60. The summed E-state index contributed by atoms with van der Waals surface area (Å²) in [4.78, 5) is 9.59. The van der Waals surface area contributed by atoms with Crippen molar-refractivity contribution in [2.24, 2.45) is 0 Å². The first-order valence-electron chi connectivity index (χ1n) is 5.43. The number of aromatic nitrogens is 2. The minimum atomic E-state index is 0.929. The standard InChI is InChI=1S/C10H12BrN3.C2H6/c1-14(2)6-7-4-12-10-9(7)3-8(11)5-13-10;1-2/h3-5H,6H2,1-2H3,(H,12,13);1-2H3. The Morgan fingerprint density at radius 2 is 2.06 bits per heavy atom. The molecule has 0 atom stereocenters. The molecule has 3 nitrogen and oxygen atoms in total. The Morgan fingerprint density at radius 3 is 2.69 bits per heavy atom. The summed E-state index contributed by atoms with van der Waals surface area (Å²) in [6.07, 6.45) is 3.82. The second kappa shape index (κ2) is 6.01. The summed E-state index contributed by atoms with van der Waals surface area (Å²) in [5, 5.41) is 1.19. The minimum Gasteiger partial charge on any atom is -0.346 e. The van der Waals surface area contributed by atoms with Crippen molar-refractivity contribution in [3.05, 3.63) is 28.5 Å². The van der Waals surface area contributed by atoms with Crippen LogP contribution < -0.4 is 0 Å². The third kappa shape index (κ3) is 3.06. The van der Waals surface area contributed by atoms with Gasteiger partial charge < -0.3 is 9.88 Å². The molecule has 0 fully saturated rings. The molecule has 0 aromatic carbocycles. The Balaban J connectivity index is 0.000000606. The van der Waals surface area contributed by atoms with Crippen molar-refractivity contribution in [2.45, 2.75) is 20.4 Å². The molecule has 0 amide bonds. The van der Waals surface area contributed by atoms with Crippen molar-refractivity contribution in [3.63, 3.8) is 0 Å². The number of halogens is 1. The predicted octanol–water partition coefficient (Wildman–Crippen LogP) is 3.41. The molecule has 0 spiro atoms. The normalized spacial score (nSPS) is 10.4. The van der Waals surface area contributed by atoms with Crippen LogP contribution >= 0.6 is 15.9 Å². The summed E-state index contributed by atoms with van der Waals surface area (Å²) in [5.74, 6) is 0. The second-order valence-corrected chi connectivity index (χ2v) is 4.52. The van der Waals surface area contributed by atoms with E-state index < -0.39 is 0 Å². The van der Waals surface area contributed by atoms with Crippen LogP contribution in [0.3, 0.4) is 0 Å². The van der Waals surface area contributed by atoms with E-state index in [0.29, 0.717) is 0 Å². The first kappa shape index (κ1) is 13.2. The minimum absolute atomic E-state index is 0.929. The number of hydrogen-bond acceptors (Lipinski definition) is 2. The zero-order valence-electron chi connectivity index (χ0n) is 10.2. The fourth-order valence-corrected chi connectivity index (χ4v) is 1.84. The van der Waals surface area contributed by atoms with Crippen LogP contribution in [0.25, 0.3) is 11.0 Å². The Hall–Kier alpha value is -0.870. The molecule has 0 saturated heterocycles. The van der Waals surface area contributed by atoms with Crippen molar-refractivity contribution in [1.82, 2.24) is 14.9 Å². The average molecular weight is 284 g/mol. The van der Waals surface area contributed by atoms with Crippen LogP contribution in [-0.2, 0) is 6.54 Å². The summed E-state index contributed by atoms with van der Waals surface area (Å²) < 4.78 is 1.02. The summed E-state index contributed by atoms with van der Waals surface area (Å²) >= 11 is 3.43. The molecule has 2 aromatic heterocycles. The highest BCUT2D eigenvalue weighted by atomic mass is 79.9. The van der Waals surface area contributed by atoms with E-state index in [4.69, 9.17) is 0 Å². The van der Waals surface area contributed by atoms with Gasteiger partial charge in [0.1, 0.15) is 5.65 Å². The average Bonchev–Trinajstić information content (AvgIpc) is 2.63. The number of pyridine rings is 1. The molecule has 2 aromatic rings. The Kier molecular flexibility index (Phi) is 4.96. The molecule has 0 aliphatic rings. The number of fused-ring (bicyclic) bond motifs is 1. The summed E-state index contributed by atoms with van der Waals surface area (Å²) in [5.41, 5.74) is 2.23. The van der Waals surface area contributed by atoms with Crippen molar-refractivity contribution >= 4 is 27.0 Å². The lowest BCUT2D eigenvalue weighted by atomic mass is 10.2. The first-order valence-corrected chi connectivity index (χ1v) is 6.22. The quantitative estimate of drug-likeness (QED) is 0.916. The maximum atomic E-state index is 4.29. The number of H-pyrrole nitrogens is 1. The van der Waals surface area contributed by atoms with Gasteiger partial charge in [-0.15, -0.1) is 0 Å². The third-order valence-corrected chi connectivity index (χ3v) is 2.50. The van der Waals surface area contributed by atoms with E-state index in [-0.39, 0.29) is 0 Å². The van der Waals surface area contributed by atoms with Gasteiger partial charge in [0, 0.05) is 28.8 Å². The van der Waals surface area contributed by atoms with Gasteiger partial charge in [0.05, 0.1) is 0 Å². The van der Waals surface area contributed by atoms with E-state index >= 15 is 0 Å². The van der Waals surface area contributed by atoms with Crippen molar-refractivity contribution in [2.75, 3.05) is 14.1 Å². The molecular weight excluding hydrogens is 266 g/mol. The van der Waals surface area contributed by atoms with Crippen LogP contribution in [0.5, 0.6) is 0 Å². The van der Waals surface area contributed by atoms with Crippen LogP contribution in [0.1, 0.15) is 19.4 Å². The molecule has 4 heteroatoms. The SMILES string of the molecule is CC.CN(C)Cc1c[nH]c2ncc(Br)cc12. The monoisotopic (exact) mass is 283 g/mol. The van der Waals surface area contributed by atoms with Gasteiger partial charge in [-0.2, -0.15) is 0 Å². The smallest absolute Gasteiger partial charge is 0.137 e. The summed E-state index contributed by atoms with van der Waals surface area (Å²) in [7, 11) is 4.12. The highest BCUT2D eigenvalue weighted by Crippen LogP contribution is 2.21. The lowest BCUT2D eigenvalue weighted by Gasteiger charge is -2.07. The maximum absolute atomic E-state index is 4.29. The molecule has 0 saturated carbocycles. The maximum Gasteiger partial charge on any atom is 0.137 e. The molecule has 2 heterocycles. The van der Waals surface area contributed by atoms with E-state index in [1.54, 1.807) is 6.20 Å². The predicted molar refractivity (Wildman–Crippen MR) is 72.5 cm³/mol. The zero-order valence-corrected chi connectivity index (χ0v) is 11.8. The van der Waals surface area contributed by atoms with Gasteiger partial charge in [0.2, 0.25) is 0 Å². The number of hydrogen-bond donors (Lipinski definition) is 1. The fourth-order valence-electron chi connectivity index (χ4n) is 1.50. The lowest BCUT2D eigenvalue weighted by Crippen LogP contribution is -2.10. The van der Waals surface area contributed by atoms with Crippen molar-refractivity contribution in [3.8, 4) is 0 Å². The molecule has 88 valence electrons. The summed E-state index contributed by atoms with van der Waals surface area (Å²) in [6.45, 7) is 4.93. The van der Waals surface area contributed by atoms with Crippen LogP contribution in [0.2, 0.25) is 0 Å². The van der Waals surface area contributed by atoms with Gasteiger partial charge in [-0.05, 0) is 41.7 Å². The highest BCUT2D eigenvalue weighted by molar-refractivity contribution is 9.10. The molecule has 0 aliphatic carbocycles. The van der Waals surface area contributed by atoms with Gasteiger partial charge in [0.25, 0.3) is 0 Å². The van der Waals surface area contributed by atoms with E-state index in [1.807, 2.05) is 20.0 Å². The molecule has 2 rings (SSSR count). The summed E-state index contributed by atoms with van der Waals surface area (Å²) in [6, 6.07) is 2.09. The van der Waals surface area contributed by atoms with Gasteiger partial charge in [-0.25, -0.2) is 4.98 Å². The highest BCUT2D eigenvalue weighted by Gasteiger charge is 2.05. The largest absolute Gasteiger partial charge is 0.346 e. The van der Waals surface area contributed by atoms with E-state index in [2.05, 4.69) is 51.0 Å². The number of nitrogens with one attached hydrogen (secondary N) is 1. The Morgan fingerprint density at radius 1 is 1.38 bits per heavy atom. The van der Waals surface area contributed by atoms with E-state index in [1.165, 1.54) is 10.9 Å². The third-order valence-electron chi connectivity index (χ3n) is 2.07. The molecule has 0 radical (unpaired) electrons. The molecule has 0 aliphatic heterocycles. The van der Waals surface area contributed by atoms with Gasteiger partial charge in [0.15, 0.2) is 0 Å². The fraction of sp³-hybridized carbons (Fsp3) is 0.417. The van der Waals surface area contributed by atoms with Gasteiger partial charge in [-0.3, -0.25) is 0 Å². The van der Waals surface area contributed by atoms with Crippen LogP contribution in [0, 0.1) is 0 Å². The lowest BCUT2D eigenvalue weighted by molar-refractivity contribution is 0.404. The molecule has 1 N–H and O–H groups in total. The Labute approximate surface area is 105 Å². The van der Waals surface area contributed by atoms with Crippen LogP contribution in [0.15, 0.2) is 22.9 Å². The number of nitrogens with zero attached hydrogens (tertiary/aromatic N) is 2.